The van der Waals surface area contributed by atoms with Crippen LogP contribution in [0.25, 0.3) is 0 Å². The van der Waals surface area contributed by atoms with E-state index in [-0.39, 0.29) is 6.10 Å². The minimum atomic E-state index is -0.718. The van der Waals surface area contributed by atoms with Crippen LogP contribution in [0.4, 0.5) is 0 Å². The van der Waals surface area contributed by atoms with Crippen LogP contribution in [0.3, 0.4) is 0 Å². The summed E-state index contributed by atoms with van der Waals surface area (Å²) in [5.41, 5.74) is 0. The maximum Gasteiger partial charge on any atom is 0.294 e. The van der Waals surface area contributed by atoms with Crippen molar-refractivity contribution in [3.63, 3.8) is 0 Å². The summed E-state index contributed by atoms with van der Waals surface area (Å²) < 4.78 is 0. The molecule has 0 aromatic rings. The highest BCUT2D eigenvalue weighted by molar-refractivity contribution is 4.66. The van der Waals surface area contributed by atoms with Gasteiger partial charge in [-0.3, -0.25) is 0 Å². The van der Waals surface area contributed by atoms with Gasteiger partial charge < -0.3 is 4.84 Å². The largest absolute Gasteiger partial charge is 0.311 e. The lowest BCUT2D eigenvalue weighted by Gasteiger charge is -2.21. The van der Waals surface area contributed by atoms with Crippen LogP contribution < -0.4 is 0 Å². The zero-order chi connectivity index (χ0) is 5.98. The van der Waals surface area contributed by atoms with Gasteiger partial charge in [0.2, 0.25) is 0 Å². The third kappa shape index (κ3) is 1.08. The molecule has 0 bridgehead atoms. The van der Waals surface area contributed by atoms with Gasteiger partial charge in [-0.15, -0.1) is 10.1 Å². The fourth-order valence-corrected chi connectivity index (χ4v) is 0.598. The van der Waals surface area contributed by atoms with Gasteiger partial charge in [-0.1, -0.05) is 0 Å². The second-order valence-corrected chi connectivity index (χ2v) is 1.88. The summed E-state index contributed by atoms with van der Waals surface area (Å²) in [5.74, 6) is 0. The lowest BCUT2D eigenvalue weighted by molar-refractivity contribution is -0.771. The number of hydrogen-bond acceptors (Lipinski definition) is 3. The Bertz CT molecular complexity index is 99.5. The van der Waals surface area contributed by atoms with E-state index in [9.17, 15) is 10.1 Å². The molecule has 4 nitrogen and oxygen atoms in total. The molecule has 0 saturated heterocycles. The normalized spacial score (nSPS) is 19.5. The van der Waals surface area contributed by atoms with E-state index < -0.39 is 5.09 Å². The van der Waals surface area contributed by atoms with E-state index in [4.69, 9.17) is 0 Å². The Hall–Kier alpha value is -0.800. The second-order valence-electron chi connectivity index (χ2n) is 1.88. The molecular formula is C4H7NO3. The molecule has 0 unspecified atom stereocenters. The van der Waals surface area contributed by atoms with E-state index in [2.05, 4.69) is 4.84 Å². The molecule has 8 heavy (non-hydrogen) atoms. The molecule has 1 aliphatic rings. The SMILES string of the molecule is O=[N+]([O-])OC1CCC1. The Morgan fingerprint density at radius 1 is 1.62 bits per heavy atom. The minimum Gasteiger partial charge on any atom is -0.311 e. The molecule has 0 aromatic carbocycles. The summed E-state index contributed by atoms with van der Waals surface area (Å²) in [6.07, 6.45) is 2.67. The first-order chi connectivity index (χ1) is 3.79. The van der Waals surface area contributed by atoms with Gasteiger partial charge in [-0.25, -0.2) is 0 Å². The molecule has 0 amide bonds. The summed E-state index contributed by atoms with van der Waals surface area (Å²) in [7, 11) is 0. The second kappa shape index (κ2) is 1.98. The van der Waals surface area contributed by atoms with Crippen molar-refractivity contribution in [1.29, 1.82) is 0 Å². The van der Waals surface area contributed by atoms with Crippen molar-refractivity contribution in [2.45, 2.75) is 25.4 Å². The van der Waals surface area contributed by atoms with E-state index in [1.54, 1.807) is 0 Å². The molecule has 1 fully saturated rings. The fraction of sp³-hybridized carbons (Fsp3) is 1.00. The van der Waals surface area contributed by atoms with Crippen LogP contribution in [-0.4, -0.2) is 11.2 Å². The fourth-order valence-electron chi connectivity index (χ4n) is 0.598. The molecule has 4 heteroatoms. The van der Waals surface area contributed by atoms with Gasteiger partial charge in [-0.2, -0.15) is 0 Å². The molecule has 1 rings (SSSR count). The quantitative estimate of drug-likeness (QED) is 0.396. The molecule has 1 aliphatic carbocycles. The van der Waals surface area contributed by atoms with Gasteiger partial charge in [0.15, 0.2) is 0 Å². The molecule has 0 N–H and O–H groups in total. The lowest BCUT2D eigenvalue weighted by atomic mass is 9.97. The summed E-state index contributed by atoms with van der Waals surface area (Å²) >= 11 is 0. The van der Waals surface area contributed by atoms with Crippen LogP contribution >= 0.6 is 0 Å². The third-order valence-corrected chi connectivity index (χ3v) is 1.29. The van der Waals surface area contributed by atoms with Gasteiger partial charge in [0.05, 0.1) is 0 Å². The van der Waals surface area contributed by atoms with Gasteiger partial charge >= 0.3 is 0 Å². The average Bonchev–Trinajstić information content (AvgIpc) is 1.55. The van der Waals surface area contributed by atoms with Crippen molar-refractivity contribution in [3.05, 3.63) is 10.1 Å². The molecule has 1 saturated carbocycles. The standard InChI is InChI=1S/C4H7NO3/c6-5(7)8-4-2-1-3-4/h4H,1-3H2. The Balaban J connectivity index is 2.09. The molecule has 0 radical (unpaired) electrons. The molecule has 0 aromatic heterocycles. The van der Waals surface area contributed by atoms with E-state index in [0.717, 1.165) is 19.3 Å². The molecule has 0 atom stereocenters. The number of rotatable bonds is 2. The zero-order valence-electron chi connectivity index (χ0n) is 4.37. The van der Waals surface area contributed by atoms with Crippen molar-refractivity contribution < 1.29 is 9.92 Å². The molecule has 0 spiro atoms. The smallest absolute Gasteiger partial charge is 0.294 e. The first-order valence-corrected chi connectivity index (χ1v) is 2.60. The topological polar surface area (TPSA) is 52.4 Å². The minimum absolute atomic E-state index is 0.0926. The van der Waals surface area contributed by atoms with E-state index in [1.165, 1.54) is 0 Å². The number of hydrogen-bond donors (Lipinski definition) is 0. The van der Waals surface area contributed by atoms with Crippen molar-refractivity contribution >= 4 is 0 Å². The van der Waals surface area contributed by atoms with Gasteiger partial charge in [0.1, 0.15) is 6.10 Å². The van der Waals surface area contributed by atoms with Crippen LogP contribution in [0.2, 0.25) is 0 Å². The van der Waals surface area contributed by atoms with Crippen molar-refractivity contribution in [2.24, 2.45) is 0 Å². The Morgan fingerprint density at radius 3 is 2.38 bits per heavy atom. The summed E-state index contributed by atoms with van der Waals surface area (Å²) in [5, 5.41) is 8.87. The Morgan fingerprint density at radius 2 is 2.25 bits per heavy atom. The average molecular weight is 117 g/mol. The Labute approximate surface area is 46.5 Å². The maximum absolute atomic E-state index is 9.59. The van der Waals surface area contributed by atoms with E-state index in [1.807, 2.05) is 0 Å². The van der Waals surface area contributed by atoms with E-state index >= 15 is 0 Å². The molecule has 0 heterocycles. The maximum atomic E-state index is 9.59. The highest BCUT2D eigenvalue weighted by atomic mass is 17.0. The monoisotopic (exact) mass is 117 g/mol. The molecular weight excluding hydrogens is 110 g/mol. The summed E-state index contributed by atoms with van der Waals surface area (Å²) in [4.78, 5) is 13.8. The van der Waals surface area contributed by atoms with Crippen LogP contribution in [0, 0.1) is 10.1 Å². The van der Waals surface area contributed by atoms with Crippen LogP contribution in [0.5, 0.6) is 0 Å². The highest BCUT2D eigenvalue weighted by Crippen LogP contribution is 2.21. The van der Waals surface area contributed by atoms with Gasteiger partial charge in [0, 0.05) is 0 Å². The van der Waals surface area contributed by atoms with E-state index in [0.29, 0.717) is 0 Å². The summed E-state index contributed by atoms with van der Waals surface area (Å²) in [6.45, 7) is 0. The van der Waals surface area contributed by atoms with Crippen LogP contribution in [-0.2, 0) is 4.84 Å². The first-order valence-electron chi connectivity index (χ1n) is 2.60. The van der Waals surface area contributed by atoms with Crippen molar-refractivity contribution in [2.75, 3.05) is 0 Å². The molecule has 46 valence electrons. The zero-order valence-corrected chi connectivity index (χ0v) is 4.37. The predicted octanol–water partition coefficient (Wildman–Crippen LogP) is 0.747. The van der Waals surface area contributed by atoms with Crippen LogP contribution in [0.1, 0.15) is 19.3 Å². The third-order valence-electron chi connectivity index (χ3n) is 1.29. The van der Waals surface area contributed by atoms with Gasteiger partial charge in [0.25, 0.3) is 5.09 Å². The first kappa shape index (κ1) is 5.34. The van der Waals surface area contributed by atoms with Crippen molar-refractivity contribution in [1.82, 2.24) is 0 Å². The predicted molar refractivity (Wildman–Crippen MR) is 25.7 cm³/mol. The Kier molecular flexibility index (Phi) is 1.32. The van der Waals surface area contributed by atoms with Crippen molar-refractivity contribution in [3.8, 4) is 0 Å². The molecule has 0 aliphatic heterocycles. The van der Waals surface area contributed by atoms with Gasteiger partial charge in [-0.05, 0) is 19.3 Å². The highest BCUT2D eigenvalue weighted by Gasteiger charge is 2.20. The lowest BCUT2D eigenvalue weighted by Crippen LogP contribution is -2.24. The number of nitrogens with zero attached hydrogens (tertiary/aromatic N) is 1. The van der Waals surface area contributed by atoms with Crippen LogP contribution in [0.15, 0.2) is 0 Å². The summed E-state index contributed by atoms with van der Waals surface area (Å²) in [6, 6.07) is 0.